The number of benzene rings is 1. The minimum atomic E-state index is -2.92. The predicted molar refractivity (Wildman–Crippen MR) is 89.0 cm³/mol. The first kappa shape index (κ1) is 17.4. The maximum Gasteiger partial charge on any atom is 0.387 e. The Morgan fingerprint density at radius 3 is 2.44 bits per heavy atom. The Kier molecular flexibility index (Phi) is 5.63. The molecule has 0 bridgehead atoms. The Morgan fingerprint density at radius 2 is 1.80 bits per heavy atom. The van der Waals surface area contributed by atoms with Crippen molar-refractivity contribution < 1.29 is 18.3 Å². The largest absolute Gasteiger partial charge is 0.487 e. The molecule has 1 heterocycles. The quantitative estimate of drug-likeness (QED) is 0.823. The van der Waals surface area contributed by atoms with Gasteiger partial charge in [-0.2, -0.15) is 13.9 Å². The van der Waals surface area contributed by atoms with Gasteiger partial charge >= 0.3 is 6.61 Å². The second-order valence-corrected chi connectivity index (χ2v) is 6.08. The van der Waals surface area contributed by atoms with Crippen molar-refractivity contribution in [3.05, 3.63) is 40.7 Å². The second-order valence-electron chi connectivity index (χ2n) is 6.08. The van der Waals surface area contributed by atoms with E-state index in [-0.39, 0.29) is 23.2 Å². The van der Waals surface area contributed by atoms with Crippen LogP contribution in [0.5, 0.6) is 11.5 Å². The Balaban J connectivity index is 1.89. The van der Waals surface area contributed by atoms with E-state index in [4.69, 9.17) is 4.74 Å². The summed E-state index contributed by atoms with van der Waals surface area (Å²) in [5.41, 5.74) is 0.867. The average molecular weight is 350 g/mol. The van der Waals surface area contributed by atoms with Gasteiger partial charge in [0, 0.05) is 11.6 Å². The van der Waals surface area contributed by atoms with E-state index < -0.39 is 6.61 Å². The fraction of sp³-hybridized carbons (Fsp3) is 0.444. The van der Waals surface area contributed by atoms with Crippen LogP contribution in [0.1, 0.15) is 38.5 Å². The van der Waals surface area contributed by atoms with Gasteiger partial charge in [0.15, 0.2) is 11.5 Å². The molecule has 5 nitrogen and oxygen atoms in total. The molecule has 0 saturated heterocycles. The smallest absolute Gasteiger partial charge is 0.387 e. The van der Waals surface area contributed by atoms with E-state index in [0.29, 0.717) is 11.3 Å². The number of ether oxygens (including phenoxy) is 2. The molecule has 0 unspecified atom stereocenters. The standard InChI is InChI=1S/C18H20F2N2O3/c19-18(20)25-15-9-7-12(14-8-10-17(23)22-21-14)11-16(15)24-13-5-3-1-2-4-6-13/h7-11,13,18H,1-6H2,(H,22,23). The molecule has 1 N–H and O–H groups in total. The SMILES string of the molecule is O=c1ccc(-c2ccc(OC(F)F)c(OC3CCCCCC3)c2)n[nH]1. The first-order chi connectivity index (χ1) is 12.1. The van der Waals surface area contributed by atoms with Crippen LogP contribution in [0, 0.1) is 0 Å². The fourth-order valence-corrected chi connectivity index (χ4v) is 3.00. The monoisotopic (exact) mass is 350 g/mol. The van der Waals surface area contributed by atoms with Crippen LogP contribution in [-0.2, 0) is 0 Å². The number of hydrogen-bond donors (Lipinski definition) is 1. The van der Waals surface area contributed by atoms with E-state index in [1.807, 2.05) is 0 Å². The minimum absolute atomic E-state index is 0.00687. The molecule has 25 heavy (non-hydrogen) atoms. The van der Waals surface area contributed by atoms with Gasteiger partial charge in [0.25, 0.3) is 5.56 Å². The lowest BCUT2D eigenvalue weighted by Gasteiger charge is -2.20. The highest BCUT2D eigenvalue weighted by Gasteiger charge is 2.18. The summed E-state index contributed by atoms with van der Waals surface area (Å²) in [6.07, 6.45) is 6.25. The van der Waals surface area contributed by atoms with Crippen LogP contribution in [0.25, 0.3) is 11.3 Å². The first-order valence-corrected chi connectivity index (χ1v) is 8.43. The topological polar surface area (TPSA) is 64.2 Å². The summed E-state index contributed by atoms with van der Waals surface area (Å²) in [5, 5.41) is 6.32. The van der Waals surface area contributed by atoms with Crippen LogP contribution in [0.2, 0.25) is 0 Å². The number of halogens is 2. The average Bonchev–Trinajstić information content (AvgIpc) is 2.85. The summed E-state index contributed by atoms with van der Waals surface area (Å²) < 4.78 is 36.0. The van der Waals surface area contributed by atoms with E-state index in [2.05, 4.69) is 14.9 Å². The van der Waals surface area contributed by atoms with Crippen molar-refractivity contribution in [1.82, 2.24) is 10.2 Å². The third-order valence-electron chi connectivity index (χ3n) is 4.23. The van der Waals surface area contributed by atoms with Gasteiger partial charge in [-0.05, 0) is 49.9 Å². The molecule has 1 aliphatic carbocycles. The summed E-state index contributed by atoms with van der Waals surface area (Å²) in [5.74, 6) is 0.283. The van der Waals surface area contributed by atoms with Gasteiger partial charge in [-0.25, -0.2) is 5.10 Å². The van der Waals surface area contributed by atoms with Crippen LogP contribution in [0.4, 0.5) is 8.78 Å². The zero-order valence-electron chi connectivity index (χ0n) is 13.7. The van der Waals surface area contributed by atoms with Crippen LogP contribution in [-0.4, -0.2) is 22.9 Å². The second kappa shape index (κ2) is 8.09. The molecule has 0 radical (unpaired) electrons. The predicted octanol–water partition coefficient (Wildman–Crippen LogP) is 4.14. The molecule has 1 fully saturated rings. The maximum absolute atomic E-state index is 12.7. The Bertz CT molecular complexity index is 736. The van der Waals surface area contributed by atoms with Crippen molar-refractivity contribution >= 4 is 0 Å². The van der Waals surface area contributed by atoms with Gasteiger partial charge < -0.3 is 9.47 Å². The lowest BCUT2D eigenvalue weighted by atomic mass is 10.1. The van der Waals surface area contributed by atoms with Gasteiger partial charge in [-0.3, -0.25) is 4.79 Å². The Morgan fingerprint density at radius 1 is 1.04 bits per heavy atom. The molecule has 0 spiro atoms. The van der Waals surface area contributed by atoms with Crippen molar-refractivity contribution in [2.75, 3.05) is 0 Å². The van der Waals surface area contributed by atoms with Crippen LogP contribution in [0.3, 0.4) is 0 Å². The molecule has 1 aliphatic rings. The van der Waals surface area contributed by atoms with E-state index in [9.17, 15) is 13.6 Å². The van der Waals surface area contributed by atoms with E-state index in [0.717, 1.165) is 25.7 Å². The number of nitrogens with one attached hydrogen (secondary N) is 1. The van der Waals surface area contributed by atoms with Crippen molar-refractivity contribution in [2.24, 2.45) is 0 Å². The van der Waals surface area contributed by atoms with E-state index in [1.165, 1.54) is 25.0 Å². The molecule has 0 atom stereocenters. The summed E-state index contributed by atoms with van der Waals surface area (Å²) >= 11 is 0. The van der Waals surface area contributed by atoms with E-state index >= 15 is 0 Å². The van der Waals surface area contributed by atoms with Crippen molar-refractivity contribution in [1.29, 1.82) is 0 Å². The van der Waals surface area contributed by atoms with Gasteiger partial charge in [0.1, 0.15) is 0 Å². The Hall–Kier alpha value is -2.44. The number of hydrogen-bond acceptors (Lipinski definition) is 4. The van der Waals surface area contributed by atoms with Gasteiger partial charge in [0.2, 0.25) is 0 Å². The number of aromatic nitrogens is 2. The molecular formula is C18H20F2N2O3. The molecule has 2 aromatic rings. The normalized spacial score (nSPS) is 15.8. The highest BCUT2D eigenvalue weighted by molar-refractivity contribution is 5.63. The van der Waals surface area contributed by atoms with Crippen LogP contribution in [0.15, 0.2) is 35.1 Å². The molecule has 7 heteroatoms. The third-order valence-corrected chi connectivity index (χ3v) is 4.23. The molecule has 1 aromatic heterocycles. The minimum Gasteiger partial charge on any atom is -0.487 e. The van der Waals surface area contributed by atoms with Gasteiger partial charge in [-0.1, -0.05) is 12.8 Å². The third kappa shape index (κ3) is 4.78. The number of aromatic amines is 1. The number of alkyl halides is 2. The molecule has 1 aromatic carbocycles. The van der Waals surface area contributed by atoms with Crippen LogP contribution >= 0.6 is 0 Å². The summed E-state index contributed by atoms with van der Waals surface area (Å²) in [6, 6.07) is 7.61. The number of rotatable bonds is 5. The first-order valence-electron chi connectivity index (χ1n) is 8.43. The molecule has 1 saturated carbocycles. The summed E-state index contributed by atoms with van der Waals surface area (Å²) in [6.45, 7) is -2.92. The van der Waals surface area contributed by atoms with Crippen molar-refractivity contribution in [3.8, 4) is 22.8 Å². The van der Waals surface area contributed by atoms with Crippen LogP contribution < -0.4 is 15.0 Å². The van der Waals surface area contributed by atoms with Gasteiger partial charge in [0.05, 0.1) is 11.8 Å². The number of nitrogens with zero attached hydrogens (tertiary/aromatic N) is 1. The van der Waals surface area contributed by atoms with Gasteiger partial charge in [-0.15, -0.1) is 0 Å². The zero-order chi connectivity index (χ0) is 17.6. The molecule has 134 valence electrons. The Labute approximate surface area is 144 Å². The molecule has 3 rings (SSSR count). The lowest BCUT2D eigenvalue weighted by Crippen LogP contribution is -2.16. The molecule has 0 amide bonds. The van der Waals surface area contributed by atoms with E-state index in [1.54, 1.807) is 18.2 Å². The summed E-state index contributed by atoms with van der Waals surface area (Å²) in [4.78, 5) is 11.1. The molecular weight excluding hydrogens is 330 g/mol. The summed E-state index contributed by atoms with van der Waals surface area (Å²) in [7, 11) is 0. The lowest BCUT2D eigenvalue weighted by molar-refractivity contribution is -0.0521. The number of H-pyrrole nitrogens is 1. The molecule has 0 aliphatic heterocycles. The van der Waals surface area contributed by atoms with Crippen molar-refractivity contribution in [3.63, 3.8) is 0 Å². The van der Waals surface area contributed by atoms with Crippen molar-refractivity contribution in [2.45, 2.75) is 51.2 Å². The highest BCUT2D eigenvalue weighted by atomic mass is 19.3. The zero-order valence-corrected chi connectivity index (χ0v) is 13.7. The highest BCUT2D eigenvalue weighted by Crippen LogP contribution is 2.35. The fourth-order valence-electron chi connectivity index (χ4n) is 3.00. The maximum atomic E-state index is 12.7.